The van der Waals surface area contributed by atoms with Crippen molar-refractivity contribution in [2.24, 2.45) is 8.80 Å². The van der Waals surface area contributed by atoms with Crippen LogP contribution in [0.3, 0.4) is 0 Å². The summed E-state index contributed by atoms with van der Waals surface area (Å²) < 4.78 is 81.2. The first-order chi connectivity index (χ1) is 42.6. The van der Waals surface area contributed by atoms with Crippen molar-refractivity contribution >= 4 is 319 Å². The molecule has 40 heteroatoms. The van der Waals surface area contributed by atoms with Gasteiger partial charge in [0.25, 0.3) is 0 Å². The molecule has 0 bridgehead atoms. The minimum atomic E-state index is -3.88. The summed E-state index contributed by atoms with van der Waals surface area (Å²) in [7, 11) is -4.21. The summed E-state index contributed by atoms with van der Waals surface area (Å²) in [5, 5.41) is 9.42. The van der Waals surface area contributed by atoms with Crippen LogP contribution < -0.4 is 10.5 Å². The van der Waals surface area contributed by atoms with E-state index < -0.39 is 67.7 Å². The summed E-state index contributed by atoms with van der Waals surface area (Å²) in [6, 6.07) is 14.1. The van der Waals surface area contributed by atoms with Crippen LogP contribution in [0.4, 0.5) is 10.1 Å². The van der Waals surface area contributed by atoms with Gasteiger partial charge in [-0.15, -0.1) is 65.5 Å². The standard InChI is InChI=1S/C10H8BrClN2O3S2.C9H6BrClN2O3S2.C9H6BrClO4S.C6H4BrClOS.C6H5ClFN.C4H2BrClS.C4H3ClS.C4H6O3/c1-5(15)8-4-7(13-19(16,17)14(8)2)9-3-6(12)10(11)18-9;1-4(14)6-3-7(13-18(15,16)12-6)8-2-5(11)9(10)17-8;1-15-9(14)6(13)3-5(12)7-2-4(11)8(10)16-7;1-3(9)5-2-4(8)6(7)10-5;7-5-3-4(9)1-2-6(5)8;5-4-3(6)1-2-7-4;5-4-1-2-6-3-4;1-3(5)4(6)7-2/h3-4H,1-2H3;2-3,13H,1H3;2H,3H2,1H3;2H,1H3;1-3H,9H2;1-2H;1-3H;1-2H3. The van der Waals surface area contributed by atoms with Crippen LogP contribution in [0.5, 0.6) is 0 Å². The molecule has 0 radical (unpaired) electrons. The molecule has 6 aromatic heterocycles. The van der Waals surface area contributed by atoms with E-state index in [0.717, 1.165) is 47.3 Å². The molecule has 8 heterocycles. The minimum Gasteiger partial charge on any atom is -0.463 e. The first-order valence-corrected chi connectivity index (χ1v) is 38.2. The Morgan fingerprint density at radius 3 is 1.47 bits per heavy atom. The quantitative estimate of drug-likeness (QED) is 0.0423. The Bertz CT molecular complexity index is 4140. The van der Waals surface area contributed by atoms with E-state index in [9.17, 15) is 59.6 Å². The van der Waals surface area contributed by atoms with Crippen LogP contribution in [0, 0.1) is 5.82 Å². The van der Waals surface area contributed by atoms with Gasteiger partial charge in [0.05, 0.1) is 111 Å². The highest BCUT2D eigenvalue weighted by atomic mass is 79.9. The third kappa shape index (κ3) is 29.3. The van der Waals surface area contributed by atoms with E-state index in [1.807, 2.05) is 28.3 Å². The molecule has 19 nitrogen and oxygen atoms in total. The number of anilines is 1. The number of nitrogens with two attached hydrogens (primary N) is 1. The Hall–Kier alpha value is -3.14. The molecule has 2 aliphatic rings. The summed E-state index contributed by atoms with van der Waals surface area (Å²) >= 11 is 63.9. The molecule has 1 aromatic carbocycles. The topological polar surface area (TPSA) is 289 Å². The van der Waals surface area contributed by atoms with Crippen molar-refractivity contribution in [3.63, 3.8) is 0 Å². The number of benzene rings is 1. The summed E-state index contributed by atoms with van der Waals surface area (Å²) in [6.07, 6.45) is 2.33. The van der Waals surface area contributed by atoms with Crippen molar-refractivity contribution in [1.82, 2.24) is 9.03 Å². The maximum absolute atomic E-state index is 12.3. The van der Waals surface area contributed by atoms with E-state index in [2.05, 4.69) is 103 Å². The van der Waals surface area contributed by atoms with Crippen LogP contribution in [0.2, 0.25) is 35.2 Å². The highest BCUT2D eigenvalue weighted by Gasteiger charge is 2.29. The lowest BCUT2D eigenvalue weighted by Crippen LogP contribution is -2.32. The second-order valence-corrected chi connectivity index (χ2v) is 34.7. The zero-order chi connectivity index (χ0) is 70.3. The van der Waals surface area contributed by atoms with Crippen LogP contribution >= 0.6 is 229 Å². The van der Waals surface area contributed by atoms with Gasteiger partial charge in [-0.05, 0) is 164 Å². The number of carbonyl (C=O) groups is 8. The number of ketones is 6. The molecule has 9 rings (SSSR count). The number of nitrogen functional groups attached to an aromatic ring is 1. The first kappa shape index (κ1) is 84.9. The Labute approximate surface area is 627 Å². The monoisotopic (exact) mass is 1870 g/mol. The summed E-state index contributed by atoms with van der Waals surface area (Å²) in [5.41, 5.74) is 6.21. The Morgan fingerprint density at radius 2 is 1.13 bits per heavy atom. The molecule has 0 aliphatic carbocycles. The van der Waals surface area contributed by atoms with Crippen molar-refractivity contribution in [3.05, 3.63) is 168 Å². The van der Waals surface area contributed by atoms with Gasteiger partial charge in [-0.2, -0.15) is 28.2 Å². The fraction of sp³-hybridized carbons (Fsp3) is 0.154. The predicted octanol–water partition coefficient (Wildman–Crippen LogP) is 18.2. The number of hydrogen-bond acceptors (Lipinski definition) is 21. The fourth-order valence-electron chi connectivity index (χ4n) is 5.32. The predicted molar refractivity (Wildman–Crippen MR) is 389 cm³/mol. The molecule has 0 atom stereocenters. The van der Waals surface area contributed by atoms with Gasteiger partial charge in [0, 0.05) is 38.9 Å². The highest BCUT2D eigenvalue weighted by molar-refractivity contribution is 9.12. The van der Waals surface area contributed by atoms with Crippen molar-refractivity contribution in [3.8, 4) is 0 Å². The molecule has 0 spiro atoms. The molecular weight excluding hydrogens is 1840 g/mol. The van der Waals surface area contributed by atoms with Gasteiger partial charge in [0.1, 0.15) is 11.5 Å². The number of rotatable bonds is 10. The van der Waals surface area contributed by atoms with Crippen molar-refractivity contribution in [1.29, 1.82) is 0 Å². The summed E-state index contributed by atoms with van der Waals surface area (Å²) in [6.45, 7) is 5.24. The number of thiophene rings is 6. The molecule has 0 saturated heterocycles. The molecule has 0 amide bonds. The summed E-state index contributed by atoms with van der Waals surface area (Å²) in [4.78, 5) is 89.0. The molecule has 92 heavy (non-hydrogen) atoms. The normalized spacial score (nSPS) is 12.8. The Kier molecular flexibility index (Phi) is 37.4. The molecule has 496 valence electrons. The van der Waals surface area contributed by atoms with Gasteiger partial charge >= 0.3 is 32.4 Å². The minimum absolute atomic E-state index is 0.0533. The van der Waals surface area contributed by atoms with Crippen LogP contribution in [0.1, 0.15) is 63.2 Å². The number of nitrogens with zero attached hydrogens (tertiary/aromatic N) is 3. The van der Waals surface area contributed by atoms with Crippen LogP contribution in [-0.4, -0.2) is 100 Å². The van der Waals surface area contributed by atoms with E-state index in [1.54, 1.807) is 40.9 Å². The smallest absolute Gasteiger partial charge is 0.374 e. The number of carbonyl (C=O) groups excluding carboxylic acids is 8. The average molecular weight is 1880 g/mol. The Balaban J connectivity index is 0.000000370. The molecule has 0 saturated carbocycles. The number of likely N-dealkylation sites (N-methyl/N-ethyl adjacent to an activating group) is 1. The van der Waals surface area contributed by atoms with Gasteiger partial charge < -0.3 is 15.2 Å². The third-order valence-electron chi connectivity index (χ3n) is 9.56. The van der Waals surface area contributed by atoms with Crippen molar-refractivity contribution in [2.75, 3.05) is 27.0 Å². The second-order valence-electron chi connectivity index (χ2n) is 16.4. The van der Waals surface area contributed by atoms with E-state index in [-0.39, 0.29) is 39.4 Å². The van der Waals surface area contributed by atoms with Crippen molar-refractivity contribution < 1.29 is 69.1 Å². The van der Waals surface area contributed by atoms with Crippen LogP contribution in [0.15, 0.2) is 116 Å². The number of nitrogens with one attached hydrogen (secondary N) is 1. The number of Topliss-reactive ketones (excluding diaryl/α,β-unsaturated/α-hetero) is 6. The van der Waals surface area contributed by atoms with E-state index in [1.165, 1.54) is 105 Å². The molecule has 7 aromatic rings. The number of hydrogen-bond donors (Lipinski definition) is 2. The number of allylic oxidation sites excluding steroid dienone is 3. The molecule has 0 fully saturated rings. The van der Waals surface area contributed by atoms with Gasteiger partial charge in [0.15, 0.2) is 23.1 Å². The van der Waals surface area contributed by atoms with Crippen molar-refractivity contribution in [2.45, 2.75) is 34.1 Å². The molecular formula is C52H40Br5Cl7FN5O14S8. The van der Waals surface area contributed by atoms with Gasteiger partial charge in [-0.3, -0.25) is 37.8 Å². The fourth-order valence-corrected chi connectivity index (χ4v) is 16.1. The zero-order valence-corrected chi connectivity index (χ0v) is 66.9. The molecule has 3 N–H and O–H groups in total. The number of methoxy groups -OCH3 is 2. The zero-order valence-electron chi connectivity index (χ0n) is 47.1. The lowest BCUT2D eigenvalue weighted by Gasteiger charge is -2.21. The lowest BCUT2D eigenvalue weighted by atomic mass is 10.2. The van der Waals surface area contributed by atoms with Crippen LogP contribution in [-0.2, 0) is 58.7 Å². The number of esters is 2. The maximum atomic E-state index is 12.3. The SMILES string of the molecule is CC(=O)C1=CC(c2cc(Cl)c(Br)s2)=NS(=O)(=O)N1C.CC(=O)C1=NS(=O)(=O)NC(c2cc(Cl)c(Br)s2)=C1.CC(=O)c1cc(Cl)c(Br)s1.COC(=O)C(=O)CC(=O)c1cc(Cl)c(Br)s1.COC(=O)C(C)=O.Clc1ccsc1.Clc1ccsc1Br.Nc1ccc(F)c(Cl)c1. The van der Waals surface area contributed by atoms with E-state index in [4.69, 9.17) is 86.9 Å². The van der Waals surface area contributed by atoms with E-state index in [0.29, 0.717) is 56.6 Å². The maximum Gasteiger partial charge on any atom is 0.374 e. The largest absolute Gasteiger partial charge is 0.463 e. The highest BCUT2D eigenvalue weighted by Crippen LogP contribution is 2.37. The number of ether oxygens (including phenoxy) is 2. The average Bonchev–Trinajstić information content (AvgIpc) is 0.964. The second kappa shape index (κ2) is 40.5. The lowest BCUT2D eigenvalue weighted by molar-refractivity contribution is -0.151. The Morgan fingerprint density at radius 1 is 0.609 bits per heavy atom. The number of halogens is 13. The summed E-state index contributed by atoms with van der Waals surface area (Å²) in [5.74, 6) is -4.85. The van der Waals surface area contributed by atoms with E-state index >= 15 is 0 Å². The molecule has 0 unspecified atom stereocenters. The van der Waals surface area contributed by atoms with Crippen LogP contribution in [0.25, 0.3) is 5.70 Å². The third-order valence-corrected chi connectivity index (χ3v) is 25.6. The molecule has 2 aliphatic heterocycles. The van der Waals surface area contributed by atoms with Gasteiger partial charge in [0.2, 0.25) is 11.6 Å². The first-order valence-electron chi connectivity index (χ1n) is 23.6. The van der Waals surface area contributed by atoms with Gasteiger partial charge in [-0.1, -0.05) is 81.2 Å². The van der Waals surface area contributed by atoms with Gasteiger partial charge in [-0.25, -0.2) is 14.0 Å².